The summed E-state index contributed by atoms with van der Waals surface area (Å²) in [4.78, 5) is 0. The smallest absolute Gasteiger partial charge is 0.136 e. The third-order valence-corrected chi connectivity index (χ3v) is 11.7. The zero-order chi connectivity index (χ0) is 37.5. The third-order valence-electron chi connectivity index (χ3n) is 11.7. The molecule has 266 valence electrons. The molecule has 12 aromatic rings. The fraction of sp³-hybridized carbons (Fsp3) is 0. The number of hydrogen-bond acceptors (Lipinski definition) is 1. The first-order valence-corrected chi connectivity index (χ1v) is 19.5. The molecule has 12 rings (SSSR count). The Balaban J connectivity index is 0.980. The quantitative estimate of drug-likeness (QED) is 0.173. The predicted octanol–water partition coefficient (Wildman–Crippen LogP) is 14.8. The molecule has 0 aliphatic rings. The van der Waals surface area contributed by atoms with E-state index in [0.717, 1.165) is 38.9 Å². The molecule has 9 aromatic carbocycles. The molecule has 57 heavy (non-hydrogen) atoms. The molecule has 0 radical (unpaired) electrons. The van der Waals surface area contributed by atoms with Gasteiger partial charge in [0.25, 0.3) is 0 Å². The molecule has 0 atom stereocenters. The van der Waals surface area contributed by atoms with Crippen LogP contribution in [0.2, 0.25) is 0 Å². The monoisotopic (exact) mass is 726 g/mol. The van der Waals surface area contributed by atoms with Crippen molar-refractivity contribution < 1.29 is 4.42 Å². The molecule has 0 unspecified atom stereocenters. The molecule has 3 nitrogen and oxygen atoms in total. The van der Waals surface area contributed by atoms with Crippen LogP contribution in [-0.2, 0) is 0 Å². The van der Waals surface area contributed by atoms with Gasteiger partial charge in [-0.15, -0.1) is 0 Å². The van der Waals surface area contributed by atoms with Gasteiger partial charge in [0.05, 0.1) is 22.1 Å². The second-order valence-corrected chi connectivity index (χ2v) is 14.9. The van der Waals surface area contributed by atoms with Crippen LogP contribution in [0.1, 0.15) is 0 Å². The van der Waals surface area contributed by atoms with Gasteiger partial charge in [-0.05, 0) is 106 Å². The van der Waals surface area contributed by atoms with Gasteiger partial charge in [0.2, 0.25) is 0 Å². The van der Waals surface area contributed by atoms with Crippen molar-refractivity contribution in [1.29, 1.82) is 0 Å². The minimum atomic E-state index is 0.906. The van der Waals surface area contributed by atoms with Gasteiger partial charge in [-0.3, -0.25) is 0 Å². The van der Waals surface area contributed by atoms with Crippen LogP contribution in [0, 0.1) is 0 Å². The van der Waals surface area contributed by atoms with Crippen molar-refractivity contribution in [2.24, 2.45) is 0 Å². The highest BCUT2D eigenvalue weighted by Crippen LogP contribution is 2.41. The summed E-state index contributed by atoms with van der Waals surface area (Å²) >= 11 is 0. The molecular formula is C54H34N2O. The number of para-hydroxylation sites is 3. The Bertz CT molecular complexity index is 3510. The van der Waals surface area contributed by atoms with Crippen molar-refractivity contribution in [3.05, 3.63) is 206 Å². The Kier molecular flexibility index (Phi) is 6.93. The Morgan fingerprint density at radius 2 is 0.789 bits per heavy atom. The normalized spacial score (nSPS) is 11.9. The summed E-state index contributed by atoms with van der Waals surface area (Å²) in [6, 6.07) is 74.5. The topological polar surface area (TPSA) is 23.0 Å². The Morgan fingerprint density at radius 3 is 1.49 bits per heavy atom. The maximum Gasteiger partial charge on any atom is 0.136 e. The Morgan fingerprint density at radius 1 is 0.281 bits per heavy atom. The van der Waals surface area contributed by atoms with Crippen molar-refractivity contribution in [2.45, 2.75) is 0 Å². The van der Waals surface area contributed by atoms with Crippen molar-refractivity contribution in [3.63, 3.8) is 0 Å². The number of fused-ring (bicyclic) bond motifs is 9. The fourth-order valence-electron chi connectivity index (χ4n) is 9.12. The molecule has 0 saturated carbocycles. The predicted molar refractivity (Wildman–Crippen MR) is 239 cm³/mol. The van der Waals surface area contributed by atoms with Crippen LogP contribution >= 0.6 is 0 Å². The van der Waals surface area contributed by atoms with Gasteiger partial charge >= 0.3 is 0 Å². The summed E-state index contributed by atoms with van der Waals surface area (Å²) < 4.78 is 11.1. The molecule has 3 aromatic heterocycles. The lowest BCUT2D eigenvalue weighted by atomic mass is 9.99. The first-order valence-electron chi connectivity index (χ1n) is 19.5. The molecule has 0 N–H and O–H groups in total. The lowest BCUT2D eigenvalue weighted by molar-refractivity contribution is 0.669. The summed E-state index contributed by atoms with van der Waals surface area (Å²) in [6.45, 7) is 0. The van der Waals surface area contributed by atoms with E-state index in [0.29, 0.717) is 0 Å². The summed E-state index contributed by atoms with van der Waals surface area (Å²) in [7, 11) is 0. The van der Waals surface area contributed by atoms with E-state index >= 15 is 0 Å². The molecule has 3 heterocycles. The van der Waals surface area contributed by atoms with Gasteiger partial charge in [0.15, 0.2) is 0 Å². The maximum atomic E-state index is 6.26. The van der Waals surface area contributed by atoms with E-state index in [1.807, 2.05) is 12.1 Å². The van der Waals surface area contributed by atoms with Crippen LogP contribution in [0.15, 0.2) is 211 Å². The van der Waals surface area contributed by atoms with Crippen LogP contribution in [0.5, 0.6) is 0 Å². The maximum absolute atomic E-state index is 6.26. The molecule has 0 fully saturated rings. The van der Waals surface area contributed by atoms with Crippen LogP contribution in [0.3, 0.4) is 0 Å². The van der Waals surface area contributed by atoms with E-state index in [4.69, 9.17) is 4.42 Å². The van der Waals surface area contributed by atoms with E-state index in [1.165, 1.54) is 71.4 Å². The van der Waals surface area contributed by atoms with Crippen LogP contribution in [-0.4, -0.2) is 9.13 Å². The van der Waals surface area contributed by atoms with Crippen molar-refractivity contribution >= 4 is 65.6 Å². The number of nitrogens with zero attached hydrogens (tertiary/aromatic N) is 2. The molecular weight excluding hydrogens is 693 g/mol. The Hall–Kier alpha value is -7.62. The van der Waals surface area contributed by atoms with E-state index in [2.05, 4.69) is 203 Å². The lowest BCUT2D eigenvalue weighted by Crippen LogP contribution is -1.94. The number of furan rings is 1. The molecule has 0 aliphatic heterocycles. The lowest BCUT2D eigenvalue weighted by Gasteiger charge is -2.11. The minimum absolute atomic E-state index is 0.906. The van der Waals surface area contributed by atoms with E-state index in [-0.39, 0.29) is 0 Å². The average Bonchev–Trinajstić information content (AvgIpc) is 3.94. The van der Waals surface area contributed by atoms with Gasteiger partial charge in [-0.2, -0.15) is 0 Å². The Labute approximate surface area is 328 Å². The standard InChI is InChI=1S/C54H34N2O/c1-2-12-35(13-3-1)36-24-28-40(29-25-36)55-48-20-7-4-16-43(48)46-33-37(26-30-50(46)55)38-27-31-51-47(34-38)44-17-5-8-21-49(44)56(51)41-15-10-14-39(32-41)42-19-11-23-53-54(42)45-18-6-9-22-52(45)57-53/h1-34H. The minimum Gasteiger partial charge on any atom is -0.456 e. The third kappa shape index (κ3) is 4.92. The molecule has 0 bridgehead atoms. The van der Waals surface area contributed by atoms with Crippen molar-refractivity contribution in [2.75, 3.05) is 0 Å². The second kappa shape index (κ2) is 12.5. The van der Waals surface area contributed by atoms with Crippen LogP contribution in [0.25, 0.3) is 110 Å². The number of rotatable bonds is 5. The molecule has 0 spiro atoms. The molecule has 3 heteroatoms. The highest BCUT2D eigenvalue weighted by Gasteiger charge is 2.18. The van der Waals surface area contributed by atoms with E-state index < -0.39 is 0 Å². The van der Waals surface area contributed by atoms with Gasteiger partial charge < -0.3 is 13.6 Å². The molecule has 0 amide bonds. The summed E-state index contributed by atoms with van der Waals surface area (Å²) in [6.07, 6.45) is 0. The van der Waals surface area contributed by atoms with Crippen molar-refractivity contribution in [3.8, 4) is 44.8 Å². The SMILES string of the molecule is c1ccc(-c2ccc(-n3c4ccccc4c4cc(-c5ccc6c(c5)c5ccccc5n6-c5cccc(-c6cccc7oc8ccccc8c67)c5)ccc43)cc2)cc1. The molecule has 0 aliphatic carbocycles. The van der Waals surface area contributed by atoms with Crippen LogP contribution in [0.4, 0.5) is 0 Å². The number of aromatic nitrogens is 2. The highest BCUT2D eigenvalue weighted by molar-refractivity contribution is 6.14. The van der Waals surface area contributed by atoms with E-state index in [1.54, 1.807) is 0 Å². The van der Waals surface area contributed by atoms with Crippen LogP contribution < -0.4 is 0 Å². The zero-order valence-corrected chi connectivity index (χ0v) is 30.9. The van der Waals surface area contributed by atoms with E-state index in [9.17, 15) is 0 Å². The summed E-state index contributed by atoms with van der Waals surface area (Å²) in [5, 5.41) is 7.25. The van der Waals surface area contributed by atoms with Gasteiger partial charge in [0, 0.05) is 43.7 Å². The highest BCUT2D eigenvalue weighted by atomic mass is 16.3. The average molecular weight is 727 g/mol. The van der Waals surface area contributed by atoms with Crippen molar-refractivity contribution in [1.82, 2.24) is 9.13 Å². The van der Waals surface area contributed by atoms with Gasteiger partial charge in [-0.1, -0.05) is 133 Å². The largest absolute Gasteiger partial charge is 0.456 e. The van der Waals surface area contributed by atoms with Gasteiger partial charge in [0.1, 0.15) is 11.2 Å². The molecule has 0 saturated heterocycles. The number of hydrogen-bond donors (Lipinski definition) is 0. The first-order chi connectivity index (χ1) is 28.3. The van der Waals surface area contributed by atoms with Gasteiger partial charge in [-0.25, -0.2) is 0 Å². The summed E-state index contributed by atoms with van der Waals surface area (Å²) in [5.74, 6) is 0. The fourth-order valence-corrected chi connectivity index (χ4v) is 9.12. The first kappa shape index (κ1) is 31.7. The summed E-state index contributed by atoms with van der Waals surface area (Å²) in [5.41, 5.74) is 16.0. The zero-order valence-electron chi connectivity index (χ0n) is 30.9. The number of benzene rings is 9. The second-order valence-electron chi connectivity index (χ2n) is 14.9.